The summed E-state index contributed by atoms with van der Waals surface area (Å²) in [5.74, 6) is -1.31. The van der Waals surface area contributed by atoms with Gasteiger partial charge in [-0.05, 0) is 24.3 Å². The van der Waals surface area contributed by atoms with Crippen LogP contribution in [0.25, 0.3) is 11.5 Å². The molecule has 24 heavy (non-hydrogen) atoms. The third-order valence-electron chi connectivity index (χ3n) is 3.00. The summed E-state index contributed by atoms with van der Waals surface area (Å²) in [5, 5.41) is 9.72. The lowest BCUT2D eigenvalue weighted by Gasteiger charge is -2.03. The van der Waals surface area contributed by atoms with Gasteiger partial charge in [0, 0.05) is 12.4 Å². The smallest absolute Gasteiger partial charge is 0.322 e. The maximum absolute atomic E-state index is 12.1. The van der Waals surface area contributed by atoms with Crippen molar-refractivity contribution < 1.29 is 17.6 Å². The summed E-state index contributed by atoms with van der Waals surface area (Å²) in [6, 6.07) is 11.0. The van der Waals surface area contributed by atoms with E-state index in [2.05, 4.69) is 20.5 Å². The Hall–Kier alpha value is -3.07. The Labute approximate surface area is 137 Å². The third-order valence-corrected chi connectivity index (χ3v) is 4.64. The zero-order valence-corrected chi connectivity index (χ0v) is 13.1. The van der Waals surface area contributed by atoms with Gasteiger partial charge in [-0.1, -0.05) is 23.3 Å². The van der Waals surface area contributed by atoms with E-state index in [1.54, 1.807) is 36.5 Å². The summed E-state index contributed by atoms with van der Waals surface area (Å²) < 4.78 is 29.5. The molecule has 3 rings (SSSR count). The first kappa shape index (κ1) is 15.8. The quantitative estimate of drug-likeness (QED) is 0.746. The van der Waals surface area contributed by atoms with E-state index in [0.29, 0.717) is 5.56 Å². The van der Waals surface area contributed by atoms with E-state index in [1.807, 2.05) is 0 Å². The molecule has 122 valence electrons. The highest BCUT2D eigenvalue weighted by Crippen LogP contribution is 2.18. The van der Waals surface area contributed by atoms with E-state index < -0.39 is 21.5 Å². The van der Waals surface area contributed by atoms with Gasteiger partial charge in [0.15, 0.2) is 9.84 Å². The van der Waals surface area contributed by atoms with E-state index in [-0.39, 0.29) is 16.8 Å². The third kappa shape index (κ3) is 3.63. The number of carbonyl (C=O) groups is 1. The predicted molar refractivity (Wildman–Crippen MR) is 84.7 cm³/mol. The Morgan fingerprint density at radius 3 is 2.58 bits per heavy atom. The standard InChI is InChI=1S/C15H12N4O4S/c20-13(10-24(21,22)12-6-2-1-3-7-12)17-15-19-18-14(23-15)11-5-4-8-16-9-11/h1-9H,10H2,(H,17,19,20). The summed E-state index contributed by atoms with van der Waals surface area (Å²) in [7, 11) is -3.74. The van der Waals surface area contributed by atoms with Crippen LogP contribution in [0.1, 0.15) is 0 Å². The largest absolute Gasteiger partial charge is 0.403 e. The molecular weight excluding hydrogens is 332 g/mol. The van der Waals surface area contributed by atoms with Gasteiger partial charge in [-0.3, -0.25) is 15.1 Å². The summed E-state index contributed by atoms with van der Waals surface area (Å²) in [4.78, 5) is 15.9. The fraction of sp³-hybridized carbons (Fsp3) is 0.0667. The Balaban J connectivity index is 1.69. The molecule has 0 radical (unpaired) electrons. The van der Waals surface area contributed by atoms with Crippen molar-refractivity contribution in [3.05, 3.63) is 54.9 Å². The molecule has 1 amide bonds. The van der Waals surface area contributed by atoms with E-state index in [0.717, 1.165) is 0 Å². The molecule has 0 spiro atoms. The molecule has 1 aromatic carbocycles. The lowest BCUT2D eigenvalue weighted by atomic mass is 10.3. The first-order chi connectivity index (χ1) is 11.5. The van der Waals surface area contributed by atoms with Crippen LogP contribution >= 0.6 is 0 Å². The van der Waals surface area contributed by atoms with Gasteiger partial charge in [-0.15, -0.1) is 5.10 Å². The van der Waals surface area contributed by atoms with Crippen LogP contribution in [0.4, 0.5) is 6.01 Å². The number of amides is 1. The molecule has 8 nitrogen and oxygen atoms in total. The summed E-state index contributed by atoms with van der Waals surface area (Å²) in [6.45, 7) is 0. The fourth-order valence-corrected chi connectivity index (χ4v) is 3.07. The number of hydrogen-bond acceptors (Lipinski definition) is 7. The Kier molecular flexibility index (Phi) is 4.34. The van der Waals surface area contributed by atoms with Crippen LogP contribution in [0, 0.1) is 0 Å². The molecular formula is C15H12N4O4S. The Morgan fingerprint density at radius 1 is 1.08 bits per heavy atom. The monoisotopic (exact) mass is 344 g/mol. The second-order valence-electron chi connectivity index (χ2n) is 4.77. The minimum atomic E-state index is -3.74. The molecule has 0 aliphatic heterocycles. The van der Waals surface area contributed by atoms with Crippen molar-refractivity contribution in [2.45, 2.75) is 4.90 Å². The van der Waals surface area contributed by atoms with Gasteiger partial charge in [0.05, 0.1) is 10.5 Å². The average Bonchev–Trinajstić information content (AvgIpc) is 3.04. The average molecular weight is 344 g/mol. The maximum Gasteiger partial charge on any atom is 0.322 e. The lowest BCUT2D eigenvalue weighted by molar-refractivity contribution is -0.114. The number of benzene rings is 1. The minimum Gasteiger partial charge on any atom is -0.403 e. The van der Waals surface area contributed by atoms with Gasteiger partial charge in [0.1, 0.15) is 5.75 Å². The van der Waals surface area contributed by atoms with Crippen molar-refractivity contribution in [3.8, 4) is 11.5 Å². The minimum absolute atomic E-state index is 0.0710. The molecule has 0 aliphatic carbocycles. The highest BCUT2D eigenvalue weighted by Gasteiger charge is 2.20. The van der Waals surface area contributed by atoms with Crippen LogP contribution in [0.15, 0.2) is 64.2 Å². The predicted octanol–water partition coefficient (Wildman–Crippen LogP) is 1.54. The van der Waals surface area contributed by atoms with E-state index >= 15 is 0 Å². The van der Waals surface area contributed by atoms with Crippen LogP contribution in [-0.2, 0) is 14.6 Å². The Bertz CT molecular complexity index is 940. The molecule has 0 aliphatic rings. The van der Waals surface area contributed by atoms with Gasteiger partial charge in [-0.2, -0.15) is 0 Å². The number of pyridine rings is 1. The highest BCUT2D eigenvalue weighted by molar-refractivity contribution is 7.92. The zero-order chi connectivity index (χ0) is 17.0. The number of hydrogen-bond donors (Lipinski definition) is 1. The maximum atomic E-state index is 12.1. The topological polar surface area (TPSA) is 115 Å². The normalized spacial score (nSPS) is 11.2. The van der Waals surface area contributed by atoms with Crippen molar-refractivity contribution in [2.75, 3.05) is 11.1 Å². The zero-order valence-electron chi connectivity index (χ0n) is 12.3. The Morgan fingerprint density at radius 2 is 1.88 bits per heavy atom. The molecule has 0 saturated carbocycles. The summed E-state index contributed by atoms with van der Waals surface area (Å²) >= 11 is 0. The highest BCUT2D eigenvalue weighted by atomic mass is 32.2. The van der Waals surface area contributed by atoms with Crippen LogP contribution in [0.3, 0.4) is 0 Å². The second kappa shape index (κ2) is 6.59. The molecule has 9 heteroatoms. The number of sulfone groups is 1. The van der Waals surface area contributed by atoms with Gasteiger partial charge in [-0.25, -0.2) is 8.42 Å². The van der Waals surface area contributed by atoms with Gasteiger partial charge in [0.25, 0.3) is 5.89 Å². The molecule has 0 fully saturated rings. The van der Waals surface area contributed by atoms with Crippen molar-refractivity contribution in [2.24, 2.45) is 0 Å². The first-order valence-electron chi connectivity index (χ1n) is 6.86. The van der Waals surface area contributed by atoms with Gasteiger partial charge >= 0.3 is 6.01 Å². The molecule has 0 bridgehead atoms. The van der Waals surface area contributed by atoms with Gasteiger partial charge < -0.3 is 4.42 Å². The molecule has 3 aromatic rings. The van der Waals surface area contributed by atoms with Gasteiger partial charge in [0.2, 0.25) is 5.91 Å². The van der Waals surface area contributed by atoms with Crippen molar-refractivity contribution in [1.82, 2.24) is 15.2 Å². The fourth-order valence-electron chi connectivity index (χ4n) is 1.92. The summed E-state index contributed by atoms with van der Waals surface area (Å²) in [6.07, 6.45) is 3.12. The molecule has 2 heterocycles. The number of rotatable bonds is 5. The summed E-state index contributed by atoms with van der Waals surface area (Å²) in [5.41, 5.74) is 0.586. The SMILES string of the molecule is O=C(CS(=O)(=O)c1ccccc1)Nc1nnc(-c2cccnc2)o1. The van der Waals surface area contributed by atoms with Crippen LogP contribution in [-0.4, -0.2) is 35.3 Å². The van der Waals surface area contributed by atoms with Crippen molar-refractivity contribution >= 4 is 21.8 Å². The molecule has 0 saturated heterocycles. The van der Waals surface area contributed by atoms with E-state index in [9.17, 15) is 13.2 Å². The number of aromatic nitrogens is 3. The van der Waals surface area contributed by atoms with Crippen molar-refractivity contribution in [3.63, 3.8) is 0 Å². The number of nitrogens with one attached hydrogen (secondary N) is 1. The van der Waals surface area contributed by atoms with Crippen LogP contribution < -0.4 is 5.32 Å². The van der Waals surface area contributed by atoms with E-state index in [4.69, 9.17) is 4.42 Å². The van der Waals surface area contributed by atoms with Crippen molar-refractivity contribution in [1.29, 1.82) is 0 Å². The second-order valence-corrected chi connectivity index (χ2v) is 6.76. The number of carbonyl (C=O) groups excluding carboxylic acids is 1. The first-order valence-corrected chi connectivity index (χ1v) is 8.51. The number of anilines is 1. The molecule has 0 unspecified atom stereocenters. The van der Waals surface area contributed by atoms with Crippen LogP contribution in [0.2, 0.25) is 0 Å². The van der Waals surface area contributed by atoms with E-state index in [1.165, 1.54) is 18.3 Å². The molecule has 0 atom stereocenters. The molecule has 1 N–H and O–H groups in total. The van der Waals surface area contributed by atoms with Crippen LogP contribution in [0.5, 0.6) is 0 Å². The molecule has 2 aromatic heterocycles. The number of nitrogens with zero attached hydrogens (tertiary/aromatic N) is 3. The lowest BCUT2D eigenvalue weighted by Crippen LogP contribution is -2.23.